The standard InChI is InChI=1S/C11H8NO/c13-12-8-6-11(7-9-12)10-4-2-1-3-5-10/h1-2,4-9H. The van der Waals surface area contributed by atoms with E-state index in [1.807, 2.05) is 24.3 Å². The van der Waals surface area contributed by atoms with Crippen molar-refractivity contribution in [3.8, 4) is 11.1 Å². The maximum Gasteiger partial charge on any atom is 0.180 e. The molecule has 2 heteroatoms. The molecule has 13 heavy (non-hydrogen) atoms. The van der Waals surface area contributed by atoms with E-state index in [1.54, 1.807) is 12.1 Å². The number of pyridine rings is 1. The van der Waals surface area contributed by atoms with Crippen molar-refractivity contribution in [3.63, 3.8) is 0 Å². The summed E-state index contributed by atoms with van der Waals surface area (Å²) in [5, 5.41) is 10.8. The lowest BCUT2D eigenvalue weighted by molar-refractivity contribution is -0.605. The Kier molecular flexibility index (Phi) is 1.96. The van der Waals surface area contributed by atoms with Crippen LogP contribution < -0.4 is 4.73 Å². The molecule has 0 bridgehead atoms. The number of nitrogens with zero attached hydrogens (tertiary/aromatic N) is 1. The highest BCUT2D eigenvalue weighted by atomic mass is 16.5. The summed E-state index contributed by atoms with van der Waals surface area (Å²) in [5.74, 6) is 0. The molecule has 0 spiro atoms. The minimum atomic E-state index is 0.774. The molecule has 1 aromatic carbocycles. The monoisotopic (exact) mass is 170 g/mol. The summed E-state index contributed by atoms with van der Waals surface area (Å²) in [4.78, 5) is 0. The number of aromatic nitrogens is 1. The second kappa shape index (κ2) is 3.27. The molecule has 1 aromatic heterocycles. The van der Waals surface area contributed by atoms with Crippen molar-refractivity contribution < 1.29 is 4.73 Å². The molecular formula is C11H8NO. The van der Waals surface area contributed by atoms with Crippen LogP contribution in [0, 0.1) is 11.3 Å². The predicted molar refractivity (Wildman–Crippen MR) is 49.7 cm³/mol. The van der Waals surface area contributed by atoms with Gasteiger partial charge in [-0.2, -0.15) is 4.73 Å². The van der Waals surface area contributed by atoms with Crippen molar-refractivity contribution in [2.45, 2.75) is 0 Å². The average Bonchev–Trinajstić information content (AvgIpc) is 2.20. The van der Waals surface area contributed by atoms with E-state index in [0.717, 1.165) is 15.9 Å². The lowest BCUT2D eigenvalue weighted by atomic mass is 10.1. The van der Waals surface area contributed by atoms with Crippen LogP contribution in [0.5, 0.6) is 0 Å². The summed E-state index contributed by atoms with van der Waals surface area (Å²) in [6, 6.07) is 14.2. The molecule has 1 radical (unpaired) electrons. The third-order valence-corrected chi connectivity index (χ3v) is 1.84. The van der Waals surface area contributed by atoms with Gasteiger partial charge in [0.25, 0.3) is 0 Å². The highest BCUT2D eigenvalue weighted by Gasteiger charge is 1.96. The zero-order valence-electron chi connectivity index (χ0n) is 6.97. The number of rotatable bonds is 1. The van der Waals surface area contributed by atoms with Crippen LogP contribution in [-0.2, 0) is 0 Å². The zero-order chi connectivity index (χ0) is 9.10. The van der Waals surface area contributed by atoms with Gasteiger partial charge in [-0.1, -0.05) is 18.2 Å². The van der Waals surface area contributed by atoms with Gasteiger partial charge < -0.3 is 5.21 Å². The van der Waals surface area contributed by atoms with E-state index in [2.05, 4.69) is 6.07 Å². The normalized spacial score (nSPS) is 9.85. The highest BCUT2D eigenvalue weighted by Crippen LogP contribution is 2.15. The van der Waals surface area contributed by atoms with Gasteiger partial charge >= 0.3 is 0 Å². The smallest absolute Gasteiger partial charge is 0.180 e. The highest BCUT2D eigenvalue weighted by molar-refractivity contribution is 5.61. The molecule has 63 valence electrons. The Balaban J connectivity index is 2.42. The summed E-state index contributed by atoms with van der Waals surface area (Å²) in [6.45, 7) is 0. The molecular weight excluding hydrogens is 162 g/mol. The maximum atomic E-state index is 10.8. The van der Waals surface area contributed by atoms with Gasteiger partial charge in [-0.15, -0.1) is 0 Å². The van der Waals surface area contributed by atoms with E-state index in [0.29, 0.717) is 0 Å². The van der Waals surface area contributed by atoms with Crippen LogP contribution in [-0.4, -0.2) is 0 Å². The van der Waals surface area contributed by atoms with Crippen LogP contribution >= 0.6 is 0 Å². The van der Waals surface area contributed by atoms with Gasteiger partial charge in [0.2, 0.25) is 0 Å². The minimum absolute atomic E-state index is 0.774. The van der Waals surface area contributed by atoms with Gasteiger partial charge in [-0.3, -0.25) is 0 Å². The van der Waals surface area contributed by atoms with Gasteiger partial charge in [-0.05, 0) is 23.3 Å². The molecule has 0 fully saturated rings. The molecule has 0 aliphatic carbocycles. The van der Waals surface area contributed by atoms with E-state index in [4.69, 9.17) is 0 Å². The summed E-state index contributed by atoms with van der Waals surface area (Å²) >= 11 is 0. The van der Waals surface area contributed by atoms with Crippen molar-refractivity contribution in [1.82, 2.24) is 0 Å². The molecule has 0 amide bonds. The zero-order valence-corrected chi connectivity index (χ0v) is 6.97. The quantitative estimate of drug-likeness (QED) is 0.473. The Morgan fingerprint density at radius 2 is 1.85 bits per heavy atom. The topological polar surface area (TPSA) is 26.9 Å². The van der Waals surface area contributed by atoms with Crippen molar-refractivity contribution in [2.24, 2.45) is 0 Å². The molecule has 0 atom stereocenters. The van der Waals surface area contributed by atoms with Gasteiger partial charge in [0, 0.05) is 12.1 Å². The number of hydrogen-bond donors (Lipinski definition) is 0. The summed E-state index contributed by atoms with van der Waals surface area (Å²) < 4.78 is 0.774. The Labute approximate surface area is 76.7 Å². The van der Waals surface area contributed by atoms with E-state index in [1.165, 1.54) is 12.4 Å². The van der Waals surface area contributed by atoms with Crippen molar-refractivity contribution in [2.75, 3.05) is 0 Å². The first-order chi connectivity index (χ1) is 6.36. The van der Waals surface area contributed by atoms with E-state index >= 15 is 0 Å². The fourth-order valence-electron chi connectivity index (χ4n) is 1.18. The summed E-state index contributed by atoms with van der Waals surface area (Å²) in [5.41, 5.74) is 2.10. The Morgan fingerprint density at radius 1 is 1.08 bits per heavy atom. The predicted octanol–water partition coefficient (Wildman–Crippen LogP) is 1.79. The Hall–Kier alpha value is -1.83. The van der Waals surface area contributed by atoms with Crippen LogP contribution in [0.25, 0.3) is 11.1 Å². The maximum absolute atomic E-state index is 10.8. The van der Waals surface area contributed by atoms with Crippen LogP contribution in [0.3, 0.4) is 0 Å². The lowest BCUT2D eigenvalue weighted by Crippen LogP contribution is -2.23. The molecule has 2 nitrogen and oxygen atoms in total. The van der Waals surface area contributed by atoms with E-state index < -0.39 is 0 Å². The Morgan fingerprint density at radius 3 is 2.46 bits per heavy atom. The fourth-order valence-corrected chi connectivity index (χ4v) is 1.18. The molecule has 0 aliphatic heterocycles. The summed E-state index contributed by atoms with van der Waals surface area (Å²) in [7, 11) is 0. The van der Waals surface area contributed by atoms with Crippen LogP contribution in [0.15, 0.2) is 48.8 Å². The first-order valence-electron chi connectivity index (χ1n) is 4.01. The van der Waals surface area contributed by atoms with Crippen molar-refractivity contribution >= 4 is 0 Å². The van der Waals surface area contributed by atoms with Crippen molar-refractivity contribution in [3.05, 3.63) is 60.1 Å². The molecule has 0 N–H and O–H groups in total. The van der Waals surface area contributed by atoms with Gasteiger partial charge in [0.1, 0.15) is 0 Å². The molecule has 0 aliphatic rings. The fraction of sp³-hybridized carbons (Fsp3) is 0. The molecule has 2 rings (SSSR count). The molecule has 1 heterocycles. The number of hydrogen-bond acceptors (Lipinski definition) is 1. The average molecular weight is 170 g/mol. The molecule has 0 unspecified atom stereocenters. The second-order valence-electron chi connectivity index (χ2n) is 2.74. The van der Waals surface area contributed by atoms with Gasteiger partial charge in [-0.25, -0.2) is 0 Å². The van der Waals surface area contributed by atoms with Crippen LogP contribution in [0.2, 0.25) is 0 Å². The third-order valence-electron chi connectivity index (χ3n) is 1.84. The molecule has 0 saturated carbocycles. The molecule has 2 aromatic rings. The van der Waals surface area contributed by atoms with E-state index in [-0.39, 0.29) is 0 Å². The lowest BCUT2D eigenvalue weighted by Gasteiger charge is -1.99. The minimum Gasteiger partial charge on any atom is -0.619 e. The van der Waals surface area contributed by atoms with Crippen molar-refractivity contribution in [1.29, 1.82) is 0 Å². The van der Waals surface area contributed by atoms with Gasteiger partial charge in [0.15, 0.2) is 12.4 Å². The first-order valence-corrected chi connectivity index (χ1v) is 4.01. The first kappa shape index (κ1) is 7.80. The Bertz CT molecular complexity index is 381. The van der Waals surface area contributed by atoms with Crippen LogP contribution in [0.1, 0.15) is 0 Å². The molecule has 0 saturated heterocycles. The van der Waals surface area contributed by atoms with E-state index in [9.17, 15) is 5.21 Å². The largest absolute Gasteiger partial charge is 0.619 e. The summed E-state index contributed by atoms with van der Waals surface area (Å²) in [6.07, 6.45) is 2.98. The second-order valence-corrected chi connectivity index (χ2v) is 2.74. The SMILES string of the molecule is [O-][n+]1ccc(-c2c[c]ccc2)cc1. The third kappa shape index (κ3) is 1.67. The van der Waals surface area contributed by atoms with Crippen LogP contribution in [0.4, 0.5) is 0 Å². The number of benzene rings is 1. The van der Waals surface area contributed by atoms with Gasteiger partial charge in [0.05, 0.1) is 0 Å².